The number of aryl methyl sites for hydroxylation is 1. The lowest BCUT2D eigenvalue weighted by Crippen LogP contribution is -2.12. The summed E-state index contributed by atoms with van der Waals surface area (Å²) in [5.74, 6) is -1.37. The average Bonchev–Trinajstić information content (AvgIpc) is 3.28. The van der Waals surface area contributed by atoms with Crippen molar-refractivity contribution in [2.75, 3.05) is 5.32 Å². The molecule has 0 saturated carbocycles. The van der Waals surface area contributed by atoms with Crippen LogP contribution in [0.3, 0.4) is 0 Å². The van der Waals surface area contributed by atoms with Crippen LogP contribution in [0.25, 0.3) is 20.8 Å². The molecule has 0 atom stereocenters. The van der Waals surface area contributed by atoms with Gasteiger partial charge in [-0.2, -0.15) is 5.10 Å². The summed E-state index contributed by atoms with van der Waals surface area (Å²) in [5, 5.41) is 16.3. The Kier molecular flexibility index (Phi) is 4.62. The molecule has 0 bridgehead atoms. The van der Waals surface area contributed by atoms with Gasteiger partial charge in [0, 0.05) is 17.4 Å². The highest BCUT2D eigenvalue weighted by atomic mass is 32.1. The predicted octanol–water partition coefficient (Wildman–Crippen LogP) is 3.81. The molecule has 8 heteroatoms. The van der Waals surface area contributed by atoms with Crippen LogP contribution in [-0.2, 0) is 11.3 Å². The van der Waals surface area contributed by atoms with Crippen molar-refractivity contribution in [3.8, 4) is 10.6 Å². The number of carbonyl (C=O) groups is 2. The predicted molar refractivity (Wildman–Crippen MR) is 108 cm³/mol. The van der Waals surface area contributed by atoms with E-state index in [1.165, 1.54) is 22.6 Å². The number of aromatic nitrogens is 3. The maximum Gasteiger partial charge on any atom is 0.325 e. The van der Waals surface area contributed by atoms with Gasteiger partial charge in [0.2, 0.25) is 0 Å². The molecule has 2 aromatic heterocycles. The van der Waals surface area contributed by atoms with Crippen molar-refractivity contribution in [2.45, 2.75) is 13.5 Å². The Bertz CT molecular complexity index is 1180. The number of nitrogens with zero attached hydrogens (tertiary/aromatic N) is 3. The molecule has 0 aliphatic rings. The molecule has 1 amide bonds. The van der Waals surface area contributed by atoms with E-state index in [2.05, 4.69) is 28.4 Å². The zero-order chi connectivity index (χ0) is 19.7. The first-order valence-corrected chi connectivity index (χ1v) is 9.33. The van der Waals surface area contributed by atoms with E-state index in [-0.39, 0.29) is 12.5 Å². The molecule has 2 N–H and O–H groups in total. The third kappa shape index (κ3) is 3.77. The van der Waals surface area contributed by atoms with Crippen molar-refractivity contribution in [3.63, 3.8) is 0 Å². The highest BCUT2D eigenvalue weighted by Gasteiger charge is 2.11. The Balaban J connectivity index is 1.48. The van der Waals surface area contributed by atoms with E-state index in [0.717, 1.165) is 20.8 Å². The van der Waals surface area contributed by atoms with Crippen LogP contribution in [0.15, 0.2) is 54.9 Å². The third-order valence-electron chi connectivity index (χ3n) is 4.13. The first kappa shape index (κ1) is 17.9. The second-order valence-corrected chi connectivity index (χ2v) is 7.37. The normalized spacial score (nSPS) is 10.9. The lowest BCUT2D eigenvalue weighted by molar-refractivity contribution is -0.137. The number of benzene rings is 2. The summed E-state index contributed by atoms with van der Waals surface area (Å²) in [6.45, 7) is 1.77. The van der Waals surface area contributed by atoms with E-state index in [0.29, 0.717) is 11.3 Å². The van der Waals surface area contributed by atoms with E-state index in [4.69, 9.17) is 5.11 Å². The number of carboxylic acid groups (broad SMARTS) is 1. The molecule has 4 rings (SSSR count). The van der Waals surface area contributed by atoms with E-state index in [1.807, 2.05) is 36.4 Å². The summed E-state index contributed by atoms with van der Waals surface area (Å²) in [5.41, 5.74) is 4.09. The summed E-state index contributed by atoms with van der Waals surface area (Å²) >= 11 is 1.63. The minimum Gasteiger partial charge on any atom is -0.480 e. The highest BCUT2D eigenvalue weighted by Crippen LogP contribution is 2.31. The quantitative estimate of drug-likeness (QED) is 0.538. The van der Waals surface area contributed by atoms with Crippen molar-refractivity contribution in [1.29, 1.82) is 0 Å². The number of hydrogen-bond donors (Lipinski definition) is 2. The molecule has 2 heterocycles. The van der Waals surface area contributed by atoms with Gasteiger partial charge in [-0.1, -0.05) is 6.07 Å². The lowest BCUT2D eigenvalue weighted by atomic mass is 10.2. The SMILES string of the molecule is Cc1ccc2nc(-c3ccc(NC(=O)c4cnn(CC(=O)O)c4)cc3)sc2c1. The molecule has 0 radical (unpaired) electrons. The van der Waals surface area contributed by atoms with Crippen molar-refractivity contribution < 1.29 is 14.7 Å². The Hall–Kier alpha value is -3.52. The Labute approximate surface area is 164 Å². The Morgan fingerprint density at radius 2 is 1.96 bits per heavy atom. The Morgan fingerprint density at radius 1 is 1.18 bits per heavy atom. The molecule has 0 aliphatic carbocycles. The number of thiazole rings is 1. The monoisotopic (exact) mass is 392 g/mol. The largest absolute Gasteiger partial charge is 0.480 e. The van der Waals surface area contributed by atoms with E-state index >= 15 is 0 Å². The number of hydrogen-bond acceptors (Lipinski definition) is 5. The maximum absolute atomic E-state index is 12.3. The maximum atomic E-state index is 12.3. The van der Waals surface area contributed by atoms with E-state index in [1.54, 1.807) is 11.3 Å². The minimum absolute atomic E-state index is 0.288. The zero-order valence-corrected chi connectivity index (χ0v) is 15.7. The number of anilines is 1. The number of carbonyl (C=O) groups excluding carboxylic acids is 1. The number of fused-ring (bicyclic) bond motifs is 1. The van der Waals surface area contributed by atoms with Crippen molar-refractivity contribution >= 4 is 39.1 Å². The average molecular weight is 392 g/mol. The third-order valence-corrected chi connectivity index (χ3v) is 5.19. The molecule has 28 heavy (non-hydrogen) atoms. The van der Waals surface area contributed by atoms with Crippen molar-refractivity contribution in [1.82, 2.24) is 14.8 Å². The van der Waals surface area contributed by atoms with Crippen LogP contribution < -0.4 is 5.32 Å². The first-order valence-electron chi connectivity index (χ1n) is 8.51. The van der Waals surface area contributed by atoms with E-state index < -0.39 is 5.97 Å². The molecule has 4 aromatic rings. The molecule has 0 spiro atoms. The second-order valence-electron chi connectivity index (χ2n) is 6.34. The van der Waals surface area contributed by atoms with Crippen LogP contribution in [0.1, 0.15) is 15.9 Å². The standard InChI is InChI=1S/C20H16N4O3S/c1-12-2-7-16-17(8-12)28-20(23-16)13-3-5-15(6-4-13)22-19(27)14-9-21-24(10-14)11-18(25)26/h2-10H,11H2,1H3,(H,22,27)(H,25,26). The van der Waals surface area contributed by atoms with Gasteiger partial charge in [0.1, 0.15) is 11.6 Å². The van der Waals surface area contributed by atoms with Crippen LogP contribution in [0, 0.1) is 6.92 Å². The smallest absolute Gasteiger partial charge is 0.325 e. The van der Waals surface area contributed by atoms with Crippen LogP contribution in [0.2, 0.25) is 0 Å². The van der Waals surface area contributed by atoms with E-state index in [9.17, 15) is 9.59 Å². The van der Waals surface area contributed by atoms with Gasteiger partial charge in [0.25, 0.3) is 5.91 Å². The van der Waals surface area contributed by atoms with Crippen LogP contribution in [0.4, 0.5) is 5.69 Å². The Morgan fingerprint density at radius 3 is 2.71 bits per heavy atom. The fraction of sp³-hybridized carbons (Fsp3) is 0.100. The number of carboxylic acids is 1. The molecule has 0 aliphatic heterocycles. The zero-order valence-electron chi connectivity index (χ0n) is 14.9. The second kappa shape index (κ2) is 7.24. The summed E-state index contributed by atoms with van der Waals surface area (Å²) < 4.78 is 2.35. The van der Waals surface area contributed by atoms with Gasteiger partial charge < -0.3 is 10.4 Å². The van der Waals surface area contributed by atoms with Crippen molar-refractivity contribution in [2.24, 2.45) is 0 Å². The molecule has 7 nitrogen and oxygen atoms in total. The molecule has 2 aromatic carbocycles. The summed E-state index contributed by atoms with van der Waals surface area (Å²) in [7, 11) is 0. The first-order chi connectivity index (χ1) is 13.5. The van der Waals surface area contributed by atoms with Gasteiger partial charge in [0.05, 0.1) is 22.0 Å². The van der Waals surface area contributed by atoms with Gasteiger partial charge in [0.15, 0.2) is 0 Å². The number of rotatable bonds is 5. The van der Waals surface area contributed by atoms with Gasteiger partial charge in [-0.05, 0) is 48.9 Å². The topological polar surface area (TPSA) is 97.1 Å². The number of aliphatic carboxylic acids is 1. The molecular weight excluding hydrogens is 376 g/mol. The fourth-order valence-corrected chi connectivity index (χ4v) is 3.83. The van der Waals surface area contributed by atoms with Gasteiger partial charge in [-0.25, -0.2) is 4.98 Å². The molecule has 0 saturated heterocycles. The minimum atomic E-state index is -1.02. The van der Waals surface area contributed by atoms with Gasteiger partial charge in [-0.15, -0.1) is 11.3 Å². The summed E-state index contributed by atoms with van der Waals surface area (Å²) in [4.78, 5) is 27.7. The molecule has 0 unspecified atom stereocenters. The molecular formula is C20H16N4O3S. The van der Waals surface area contributed by atoms with Gasteiger partial charge in [-0.3, -0.25) is 14.3 Å². The van der Waals surface area contributed by atoms with Crippen LogP contribution in [0.5, 0.6) is 0 Å². The van der Waals surface area contributed by atoms with Crippen LogP contribution in [-0.4, -0.2) is 31.7 Å². The fourth-order valence-electron chi connectivity index (χ4n) is 2.76. The lowest BCUT2D eigenvalue weighted by Gasteiger charge is -2.04. The molecule has 0 fully saturated rings. The summed E-state index contributed by atoms with van der Waals surface area (Å²) in [6.07, 6.45) is 2.75. The van der Waals surface area contributed by atoms with Crippen LogP contribution >= 0.6 is 11.3 Å². The highest BCUT2D eigenvalue weighted by molar-refractivity contribution is 7.21. The van der Waals surface area contributed by atoms with Gasteiger partial charge >= 0.3 is 5.97 Å². The number of amides is 1. The number of nitrogens with one attached hydrogen (secondary N) is 1. The molecule has 140 valence electrons. The van der Waals surface area contributed by atoms with Crippen molar-refractivity contribution in [3.05, 3.63) is 66.0 Å². The summed E-state index contributed by atoms with van der Waals surface area (Å²) in [6, 6.07) is 13.6.